The van der Waals surface area contributed by atoms with Crippen molar-refractivity contribution in [3.05, 3.63) is 0 Å². The summed E-state index contributed by atoms with van der Waals surface area (Å²) in [5.41, 5.74) is 0. The van der Waals surface area contributed by atoms with E-state index in [1.165, 1.54) is 58.2 Å². The normalized spacial score (nSPS) is 34.6. The van der Waals surface area contributed by atoms with Crippen molar-refractivity contribution in [2.75, 3.05) is 19.6 Å². The predicted molar refractivity (Wildman–Crippen MR) is 65.0 cm³/mol. The van der Waals surface area contributed by atoms with Crippen LogP contribution in [0.25, 0.3) is 0 Å². The first-order valence-corrected chi connectivity index (χ1v) is 6.86. The second-order valence-corrected chi connectivity index (χ2v) is 5.28. The Hall–Kier alpha value is -0.0800. The molecule has 1 heterocycles. The van der Waals surface area contributed by atoms with Crippen LogP contribution in [0.3, 0.4) is 0 Å². The summed E-state index contributed by atoms with van der Waals surface area (Å²) in [7, 11) is 0. The van der Waals surface area contributed by atoms with Crippen molar-refractivity contribution in [3.63, 3.8) is 0 Å². The van der Waals surface area contributed by atoms with E-state index in [1.54, 1.807) is 0 Å². The van der Waals surface area contributed by atoms with Crippen molar-refractivity contribution in [1.29, 1.82) is 0 Å². The van der Waals surface area contributed by atoms with Crippen LogP contribution in [0.15, 0.2) is 0 Å². The molecule has 0 bridgehead atoms. The van der Waals surface area contributed by atoms with E-state index in [-0.39, 0.29) is 0 Å². The van der Waals surface area contributed by atoms with Gasteiger partial charge in [0.25, 0.3) is 0 Å². The molecule has 0 radical (unpaired) electrons. The van der Waals surface area contributed by atoms with Crippen LogP contribution >= 0.6 is 0 Å². The molecule has 2 aliphatic rings. The van der Waals surface area contributed by atoms with E-state index in [1.807, 2.05) is 0 Å². The van der Waals surface area contributed by atoms with Gasteiger partial charge in [0, 0.05) is 12.6 Å². The van der Waals surface area contributed by atoms with Gasteiger partial charge in [-0.2, -0.15) is 0 Å². The van der Waals surface area contributed by atoms with Gasteiger partial charge in [0.15, 0.2) is 0 Å². The molecule has 2 rings (SSSR count). The highest BCUT2D eigenvalue weighted by atomic mass is 15.0. The molecule has 3 atom stereocenters. The number of nitrogens with one attached hydrogen (secondary N) is 2. The first-order valence-electron chi connectivity index (χ1n) is 6.86. The van der Waals surface area contributed by atoms with Gasteiger partial charge in [-0.1, -0.05) is 26.2 Å². The minimum Gasteiger partial charge on any atom is -0.315 e. The van der Waals surface area contributed by atoms with Crippen molar-refractivity contribution in [2.24, 2.45) is 11.8 Å². The van der Waals surface area contributed by atoms with E-state index in [2.05, 4.69) is 17.6 Å². The van der Waals surface area contributed by atoms with Crippen LogP contribution in [0, 0.1) is 11.8 Å². The molecule has 2 nitrogen and oxygen atoms in total. The smallest absolute Gasteiger partial charge is 0.0223 e. The fourth-order valence-electron chi connectivity index (χ4n) is 3.28. The molecule has 88 valence electrons. The Morgan fingerprint density at radius 1 is 1.27 bits per heavy atom. The molecule has 1 aliphatic carbocycles. The van der Waals surface area contributed by atoms with Gasteiger partial charge >= 0.3 is 0 Å². The molecule has 15 heavy (non-hydrogen) atoms. The predicted octanol–water partition coefficient (Wildman–Crippen LogP) is 2.15. The fraction of sp³-hybridized carbons (Fsp3) is 1.00. The molecular formula is C13H26N2. The summed E-state index contributed by atoms with van der Waals surface area (Å²) in [5.74, 6) is 2.00. The summed E-state index contributed by atoms with van der Waals surface area (Å²) in [5, 5.41) is 7.30. The highest BCUT2D eigenvalue weighted by molar-refractivity contribution is 4.94. The van der Waals surface area contributed by atoms with Crippen molar-refractivity contribution in [1.82, 2.24) is 10.6 Å². The quantitative estimate of drug-likeness (QED) is 0.656. The molecule has 2 fully saturated rings. The molecule has 0 spiro atoms. The molecule has 1 saturated carbocycles. The van der Waals surface area contributed by atoms with E-state index >= 15 is 0 Å². The summed E-state index contributed by atoms with van der Waals surface area (Å²) in [4.78, 5) is 0. The minimum absolute atomic E-state index is 0.777. The highest BCUT2D eigenvalue weighted by Crippen LogP contribution is 2.37. The average molecular weight is 210 g/mol. The van der Waals surface area contributed by atoms with Crippen LogP contribution in [0.2, 0.25) is 0 Å². The van der Waals surface area contributed by atoms with Crippen LogP contribution < -0.4 is 10.6 Å². The van der Waals surface area contributed by atoms with Gasteiger partial charge in [-0.3, -0.25) is 0 Å². The third kappa shape index (κ3) is 2.94. The van der Waals surface area contributed by atoms with Gasteiger partial charge in [0.1, 0.15) is 0 Å². The molecule has 1 aliphatic heterocycles. The SMILES string of the molecule is CCCCCNC[C@H]1NC[C@@H]2CCC[C@@H]21. The number of unbranched alkanes of at least 4 members (excludes halogenated alkanes) is 2. The Labute approximate surface area is 94.2 Å². The van der Waals surface area contributed by atoms with Gasteiger partial charge in [-0.05, 0) is 44.2 Å². The Kier molecular flexibility index (Phi) is 4.45. The van der Waals surface area contributed by atoms with Crippen molar-refractivity contribution < 1.29 is 0 Å². The van der Waals surface area contributed by atoms with Crippen molar-refractivity contribution >= 4 is 0 Å². The van der Waals surface area contributed by atoms with E-state index in [0.717, 1.165) is 17.9 Å². The van der Waals surface area contributed by atoms with Gasteiger partial charge in [-0.15, -0.1) is 0 Å². The number of fused-ring (bicyclic) bond motifs is 1. The third-order valence-electron chi connectivity index (χ3n) is 4.20. The number of hydrogen-bond acceptors (Lipinski definition) is 2. The van der Waals surface area contributed by atoms with Gasteiger partial charge in [0.05, 0.1) is 0 Å². The maximum absolute atomic E-state index is 3.69. The minimum atomic E-state index is 0.777. The highest BCUT2D eigenvalue weighted by Gasteiger charge is 2.38. The largest absolute Gasteiger partial charge is 0.315 e. The molecule has 2 heteroatoms. The van der Waals surface area contributed by atoms with Crippen LogP contribution in [0.5, 0.6) is 0 Å². The lowest BCUT2D eigenvalue weighted by atomic mass is 9.94. The zero-order chi connectivity index (χ0) is 10.5. The van der Waals surface area contributed by atoms with E-state index in [4.69, 9.17) is 0 Å². The first-order chi connectivity index (χ1) is 7.42. The van der Waals surface area contributed by atoms with Gasteiger partial charge < -0.3 is 10.6 Å². The third-order valence-corrected chi connectivity index (χ3v) is 4.20. The summed E-state index contributed by atoms with van der Waals surface area (Å²) in [6.07, 6.45) is 8.47. The molecule has 0 aromatic heterocycles. The molecule has 0 unspecified atom stereocenters. The standard InChI is InChI=1S/C13H26N2/c1-2-3-4-8-14-10-13-12-7-5-6-11(12)9-15-13/h11-15H,2-10H2,1H3/t11-,12-,13+/m0/s1. The Morgan fingerprint density at radius 3 is 3.07 bits per heavy atom. The number of hydrogen-bond donors (Lipinski definition) is 2. The Balaban J connectivity index is 1.59. The summed E-state index contributed by atoms with van der Waals surface area (Å²) >= 11 is 0. The second kappa shape index (κ2) is 5.86. The van der Waals surface area contributed by atoms with Gasteiger partial charge in [-0.25, -0.2) is 0 Å². The number of rotatable bonds is 6. The van der Waals surface area contributed by atoms with E-state index < -0.39 is 0 Å². The van der Waals surface area contributed by atoms with E-state index in [9.17, 15) is 0 Å². The summed E-state index contributed by atoms with van der Waals surface area (Å²) < 4.78 is 0. The fourth-order valence-corrected chi connectivity index (χ4v) is 3.28. The monoisotopic (exact) mass is 210 g/mol. The Morgan fingerprint density at radius 2 is 2.20 bits per heavy atom. The zero-order valence-electron chi connectivity index (χ0n) is 10.1. The summed E-state index contributed by atoms with van der Waals surface area (Å²) in [6.45, 7) is 5.96. The Bertz CT molecular complexity index is 181. The molecule has 0 amide bonds. The molecule has 1 saturated heterocycles. The second-order valence-electron chi connectivity index (χ2n) is 5.28. The van der Waals surface area contributed by atoms with Crippen LogP contribution in [-0.4, -0.2) is 25.7 Å². The lowest BCUT2D eigenvalue weighted by Gasteiger charge is -2.18. The first kappa shape index (κ1) is 11.4. The lowest BCUT2D eigenvalue weighted by molar-refractivity contribution is 0.392. The molecule has 2 N–H and O–H groups in total. The van der Waals surface area contributed by atoms with Crippen molar-refractivity contribution in [2.45, 2.75) is 51.5 Å². The average Bonchev–Trinajstić information content (AvgIpc) is 2.81. The van der Waals surface area contributed by atoms with Crippen LogP contribution in [0.4, 0.5) is 0 Å². The summed E-state index contributed by atoms with van der Waals surface area (Å²) in [6, 6.07) is 0.777. The zero-order valence-corrected chi connectivity index (χ0v) is 10.1. The lowest BCUT2D eigenvalue weighted by Crippen LogP contribution is -2.38. The molecule has 0 aromatic rings. The molecular weight excluding hydrogens is 184 g/mol. The van der Waals surface area contributed by atoms with Crippen LogP contribution in [-0.2, 0) is 0 Å². The van der Waals surface area contributed by atoms with Crippen molar-refractivity contribution in [3.8, 4) is 0 Å². The van der Waals surface area contributed by atoms with Gasteiger partial charge in [0.2, 0.25) is 0 Å². The van der Waals surface area contributed by atoms with Crippen LogP contribution in [0.1, 0.15) is 45.4 Å². The van der Waals surface area contributed by atoms with E-state index in [0.29, 0.717) is 0 Å². The maximum atomic E-state index is 3.69. The molecule has 0 aromatic carbocycles. The topological polar surface area (TPSA) is 24.1 Å². The maximum Gasteiger partial charge on any atom is 0.0223 e.